The SMILES string of the molecule is CC(=O)Nc1ccc(C[C@H](NC(=O)c2ccccc2)C(=O)N[C@@H](Cc2ccccc2)OC(C)=O)cc1. The van der Waals surface area contributed by atoms with Crippen molar-refractivity contribution in [2.24, 2.45) is 0 Å². The van der Waals surface area contributed by atoms with E-state index in [1.54, 1.807) is 54.6 Å². The standard InChI is InChI=1S/C28H29N3O5/c1-19(32)29-24-15-13-22(14-16-24)17-25(30-27(34)23-11-7-4-8-12-23)28(35)31-26(36-20(2)33)18-21-9-5-3-6-10-21/h3-16,25-26H,17-18H2,1-2H3,(H,29,32)(H,30,34)(H,31,35)/t25-,26+/m0/s1. The van der Waals surface area contributed by atoms with Crippen LogP contribution < -0.4 is 16.0 Å². The summed E-state index contributed by atoms with van der Waals surface area (Å²) >= 11 is 0. The zero-order valence-electron chi connectivity index (χ0n) is 20.2. The van der Waals surface area contributed by atoms with Crippen LogP contribution in [-0.2, 0) is 32.0 Å². The molecule has 3 N–H and O–H groups in total. The van der Waals surface area contributed by atoms with E-state index in [9.17, 15) is 19.2 Å². The molecular formula is C28H29N3O5. The van der Waals surface area contributed by atoms with Gasteiger partial charge in [-0.1, -0.05) is 60.7 Å². The number of benzene rings is 3. The van der Waals surface area contributed by atoms with Gasteiger partial charge >= 0.3 is 5.97 Å². The van der Waals surface area contributed by atoms with E-state index >= 15 is 0 Å². The maximum atomic E-state index is 13.3. The Hall–Kier alpha value is -4.46. The van der Waals surface area contributed by atoms with Crippen LogP contribution in [0.4, 0.5) is 5.69 Å². The number of hydrogen-bond donors (Lipinski definition) is 3. The van der Waals surface area contributed by atoms with Crippen molar-refractivity contribution in [1.82, 2.24) is 10.6 Å². The summed E-state index contributed by atoms with van der Waals surface area (Å²) in [5.41, 5.74) is 2.68. The maximum absolute atomic E-state index is 13.3. The lowest BCUT2D eigenvalue weighted by Crippen LogP contribution is -2.52. The van der Waals surface area contributed by atoms with Gasteiger partial charge in [0.25, 0.3) is 5.91 Å². The summed E-state index contributed by atoms with van der Waals surface area (Å²) < 4.78 is 5.34. The van der Waals surface area contributed by atoms with Crippen LogP contribution in [0.25, 0.3) is 0 Å². The number of rotatable bonds is 10. The highest BCUT2D eigenvalue weighted by Gasteiger charge is 2.25. The van der Waals surface area contributed by atoms with Crippen molar-refractivity contribution < 1.29 is 23.9 Å². The summed E-state index contributed by atoms with van der Waals surface area (Å²) in [5.74, 6) is -1.62. The van der Waals surface area contributed by atoms with Crippen LogP contribution in [0, 0.1) is 0 Å². The van der Waals surface area contributed by atoms with E-state index in [4.69, 9.17) is 4.74 Å². The number of hydrogen-bond acceptors (Lipinski definition) is 5. The minimum Gasteiger partial charge on any atom is -0.442 e. The predicted molar refractivity (Wildman–Crippen MR) is 136 cm³/mol. The third-order valence-electron chi connectivity index (χ3n) is 5.25. The molecule has 0 fully saturated rings. The fraction of sp³-hybridized carbons (Fsp3) is 0.214. The second kappa shape index (κ2) is 12.9. The molecular weight excluding hydrogens is 458 g/mol. The normalized spacial score (nSPS) is 12.1. The van der Waals surface area contributed by atoms with Gasteiger partial charge in [-0.2, -0.15) is 0 Å². The van der Waals surface area contributed by atoms with Crippen molar-refractivity contribution in [2.45, 2.75) is 39.0 Å². The molecule has 0 aromatic heterocycles. The third kappa shape index (κ3) is 8.39. The van der Waals surface area contributed by atoms with Crippen molar-refractivity contribution in [3.05, 3.63) is 102 Å². The van der Waals surface area contributed by atoms with Gasteiger partial charge in [0.2, 0.25) is 11.8 Å². The van der Waals surface area contributed by atoms with Crippen molar-refractivity contribution in [2.75, 3.05) is 5.32 Å². The first-order valence-electron chi connectivity index (χ1n) is 11.5. The van der Waals surface area contributed by atoms with E-state index in [2.05, 4.69) is 16.0 Å². The Morgan fingerprint density at radius 2 is 1.31 bits per heavy atom. The van der Waals surface area contributed by atoms with Gasteiger partial charge in [0.15, 0.2) is 6.23 Å². The molecule has 0 saturated carbocycles. The fourth-order valence-corrected chi connectivity index (χ4v) is 3.61. The molecule has 3 aromatic carbocycles. The first-order chi connectivity index (χ1) is 17.3. The van der Waals surface area contributed by atoms with Gasteiger partial charge in [0, 0.05) is 37.9 Å². The summed E-state index contributed by atoms with van der Waals surface area (Å²) in [6, 6.07) is 24.0. The van der Waals surface area contributed by atoms with Crippen LogP contribution in [0.3, 0.4) is 0 Å². The van der Waals surface area contributed by atoms with Crippen LogP contribution in [0.15, 0.2) is 84.9 Å². The van der Waals surface area contributed by atoms with Gasteiger partial charge in [-0.15, -0.1) is 0 Å². The molecule has 3 rings (SSSR count). The Kier molecular flexibility index (Phi) is 9.33. The van der Waals surface area contributed by atoms with E-state index < -0.39 is 30.1 Å². The Bertz CT molecular complexity index is 1180. The molecule has 0 bridgehead atoms. The lowest BCUT2D eigenvalue weighted by Gasteiger charge is -2.24. The van der Waals surface area contributed by atoms with Crippen LogP contribution in [-0.4, -0.2) is 36.0 Å². The highest BCUT2D eigenvalue weighted by Crippen LogP contribution is 2.13. The summed E-state index contributed by atoms with van der Waals surface area (Å²) in [7, 11) is 0. The number of nitrogens with one attached hydrogen (secondary N) is 3. The molecule has 0 aliphatic heterocycles. The van der Waals surface area contributed by atoms with Gasteiger partial charge in [-0.25, -0.2) is 0 Å². The number of carbonyl (C=O) groups excluding carboxylic acids is 4. The molecule has 0 aliphatic carbocycles. The fourth-order valence-electron chi connectivity index (χ4n) is 3.61. The number of ether oxygens (including phenoxy) is 1. The monoisotopic (exact) mass is 487 g/mol. The lowest BCUT2D eigenvalue weighted by atomic mass is 10.0. The van der Waals surface area contributed by atoms with Crippen molar-refractivity contribution in [3.8, 4) is 0 Å². The highest BCUT2D eigenvalue weighted by molar-refractivity contribution is 5.97. The Balaban J connectivity index is 1.79. The Morgan fingerprint density at radius 1 is 0.722 bits per heavy atom. The van der Waals surface area contributed by atoms with Gasteiger partial charge in [0.1, 0.15) is 6.04 Å². The van der Waals surface area contributed by atoms with E-state index in [1.165, 1.54) is 13.8 Å². The maximum Gasteiger partial charge on any atom is 0.304 e. The van der Waals surface area contributed by atoms with E-state index in [1.807, 2.05) is 30.3 Å². The number of carbonyl (C=O) groups is 4. The molecule has 3 aromatic rings. The van der Waals surface area contributed by atoms with Crippen LogP contribution >= 0.6 is 0 Å². The summed E-state index contributed by atoms with van der Waals surface area (Å²) in [4.78, 5) is 49.2. The van der Waals surface area contributed by atoms with Crippen molar-refractivity contribution in [1.29, 1.82) is 0 Å². The van der Waals surface area contributed by atoms with Gasteiger partial charge < -0.3 is 20.7 Å². The number of amides is 3. The second-order valence-corrected chi connectivity index (χ2v) is 8.27. The average Bonchev–Trinajstić information content (AvgIpc) is 2.85. The summed E-state index contributed by atoms with van der Waals surface area (Å²) in [6.07, 6.45) is -0.449. The van der Waals surface area contributed by atoms with Crippen molar-refractivity contribution >= 4 is 29.4 Å². The van der Waals surface area contributed by atoms with Crippen LogP contribution in [0.5, 0.6) is 0 Å². The van der Waals surface area contributed by atoms with E-state index in [-0.39, 0.29) is 18.7 Å². The first kappa shape index (κ1) is 26.2. The number of anilines is 1. The third-order valence-corrected chi connectivity index (χ3v) is 5.25. The lowest BCUT2D eigenvalue weighted by molar-refractivity contribution is -0.149. The zero-order chi connectivity index (χ0) is 25.9. The molecule has 0 spiro atoms. The minimum atomic E-state index is -0.946. The summed E-state index contributed by atoms with van der Waals surface area (Å²) in [6.45, 7) is 2.69. The predicted octanol–water partition coefficient (Wildman–Crippen LogP) is 3.23. The highest BCUT2D eigenvalue weighted by atomic mass is 16.6. The molecule has 3 amide bonds. The molecule has 0 radical (unpaired) electrons. The smallest absolute Gasteiger partial charge is 0.304 e. The zero-order valence-corrected chi connectivity index (χ0v) is 20.2. The molecule has 186 valence electrons. The molecule has 0 heterocycles. The molecule has 2 atom stereocenters. The second-order valence-electron chi connectivity index (χ2n) is 8.27. The van der Waals surface area contributed by atoms with Gasteiger partial charge in [0.05, 0.1) is 0 Å². The Morgan fingerprint density at radius 3 is 1.89 bits per heavy atom. The van der Waals surface area contributed by atoms with Gasteiger partial charge in [-0.3, -0.25) is 19.2 Å². The molecule has 0 unspecified atom stereocenters. The average molecular weight is 488 g/mol. The van der Waals surface area contributed by atoms with E-state index in [0.29, 0.717) is 11.3 Å². The topological polar surface area (TPSA) is 114 Å². The molecule has 8 nitrogen and oxygen atoms in total. The molecule has 36 heavy (non-hydrogen) atoms. The van der Waals surface area contributed by atoms with E-state index in [0.717, 1.165) is 11.1 Å². The molecule has 0 saturated heterocycles. The molecule has 0 aliphatic rings. The minimum absolute atomic E-state index is 0.183. The van der Waals surface area contributed by atoms with Crippen LogP contribution in [0.1, 0.15) is 35.3 Å². The Labute approximate surface area is 210 Å². The van der Waals surface area contributed by atoms with Crippen molar-refractivity contribution in [3.63, 3.8) is 0 Å². The van der Waals surface area contributed by atoms with Gasteiger partial charge in [-0.05, 0) is 35.4 Å². The first-order valence-corrected chi connectivity index (χ1v) is 11.5. The number of esters is 1. The largest absolute Gasteiger partial charge is 0.442 e. The quantitative estimate of drug-likeness (QED) is 0.300. The summed E-state index contributed by atoms with van der Waals surface area (Å²) in [5, 5.41) is 8.24. The van der Waals surface area contributed by atoms with Crippen LogP contribution in [0.2, 0.25) is 0 Å². The molecule has 8 heteroatoms.